The standard InChI is InChI=1S/C12H19NO2/c1-10(2)11-5-3-6-12(9-11)15-8-4-7-13-14/h3,5-6,9-10,13-14H,4,7-8H2,1-2H3. The highest BCUT2D eigenvalue weighted by molar-refractivity contribution is 5.30. The van der Waals surface area contributed by atoms with Crippen LogP contribution in [0.2, 0.25) is 0 Å². The molecule has 2 N–H and O–H groups in total. The fourth-order valence-electron chi connectivity index (χ4n) is 1.30. The summed E-state index contributed by atoms with van der Waals surface area (Å²) < 4.78 is 5.55. The monoisotopic (exact) mass is 209 g/mol. The summed E-state index contributed by atoms with van der Waals surface area (Å²) in [7, 11) is 0. The minimum Gasteiger partial charge on any atom is -0.494 e. The smallest absolute Gasteiger partial charge is 0.119 e. The Bertz CT molecular complexity index is 287. The predicted octanol–water partition coefficient (Wildman–Crippen LogP) is 2.56. The van der Waals surface area contributed by atoms with Crippen LogP contribution in [-0.4, -0.2) is 18.4 Å². The summed E-state index contributed by atoms with van der Waals surface area (Å²) in [5, 5.41) is 8.37. The van der Waals surface area contributed by atoms with E-state index in [0.29, 0.717) is 19.1 Å². The molecular weight excluding hydrogens is 190 g/mol. The first-order valence-corrected chi connectivity index (χ1v) is 5.33. The number of hydroxylamine groups is 1. The van der Waals surface area contributed by atoms with Crippen LogP contribution in [0.1, 0.15) is 31.7 Å². The van der Waals surface area contributed by atoms with Gasteiger partial charge in [0, 0.05) is 6.54 Å². The van der Waals surface area contributed by atoms with Crippen molar-refractivity contribution in [2.45, 2.75) is 26.2 Å². The van der Waals surface area contributed by atoms with E-state index in [1.165, 1.54) is 5.56 Å². The first-order valence-electron chi connectivity index (χ1n) is 5.33. The quantitative estimate of drug-likeness (QED) is 0.559. The zero-order valence-corrected chi connectivity index (χ0v) is 9.36. The minimum absolute atomic E-state index is 0.521. The third-order valence-electron chi connectivity index (χ3n) is 2.23. The molecular formula is C12H19NO2. The molecule has 0 spiro atoms. The highest BCUT2D eigenvalue weighted by atomic mass is 16.5. The van der Waals surface area contributed by atoms with E-state index in [4.69, 9.17) is 9.94 Å². The van der Waals surface area contributed by atoms with Crippen LogP contribution in [0.25, 0.3) is 0 Å². The number of benzene rings is 1. The normalized spacial score (nSPS) is 10.7. The zero-order chi connectivity index (χ0) is 11.1. The van der Waals surface area contributed by atoms with Crippen molar-refractivity contribution < 1.29 is 9.94 Å². The fraction of sp³-hybridized carbons (Fsp3) is 0.500. The molecule has 0 radical (unpaired) electrons. The maximum Gasteiger partial charge on any atom is 0.119 e. The summed E-state index contributed by atoms with van der Waals surface area (Å²) in [5.74, 6) is 1.42. The SMILES string of the molecule is CC(C)c1cccc(OCCCNO)c1. The largest absolute Gasteiger partial charge is 0.494 e. The molecule has 0 aliphatic rings. The van der Waals surface area contributed by atoms with Crippen molar-refractivity contribution >= 4 is 0 Å². The molecule has 3 heteroatoms. The van der Waals surface area contributed by atoms with Crippen molar-refractivity contribution in [3.05, 3.63) is 29.8 Å². The summed E-state index contributed by atoms with van der Waals surface area (Å²) in [5.41, 5.74) is 3.39. The van der Waals surface area contributed by atoms with Gasteiger partial charge in [-0.1, -0.05) is 26.0 Å². The molecule has 0 heterocycles. The fourth-order valence-corrected chi connectivity index (χ4v) is 1.30. The molecule has 1 aromatic carbocycles. The molecule has 0 saturated carbocycles. The molecule has 0 bridgehead atoms. The first kappa shape index (κ1) is 12.0. The molecule has 84 valence electrons. The lowest BCUT2D eigenvalue weighted by Crippen LogP contribution is -2.12. The van der Waals surface area contributed by atoms with Gasteiger partial charge < -0.3 is 9.94 Å². The number of nitrogens with one attached hydrogen (secondary N) is 1. The van der Waals surface area contributed by atoms with Crippen molar-refractivity contribution in [1.82, 2.24) is 5.48 Å². The Morgan fingerprint density at radius 2 is 2.20 bits per heavy atom. The van der Waals surface area contributed by atoms with Gasteiger partial charge in [-0.3, -0.25) is 0 Å². The summed E-state index contributed by atoms with van der Waals surface area (Å²) >= 11 is 0. The van der Waals surface area contributed by atoms with Crippen molar-refractivity contribution in [3.8, 4) is 5.75 Å². The van der Waals surface area contributed by atoms with Crippen molar-refractivity contribution in [2.24, 2.45) is 0 Å². The first-order chi connectivity index (χ1) is 7.24. The lowest BCUT2D eigenvalue weighted by molar-refractivity contribution is 0.157. The third kappa shape index (κ3) is 4.32. The van der Waals surface area contributed by atoms with E-state index in [9.17, 15) is 0 Å². The van der Waals surface area contributed by atoms with Gasteiger partial charge in [-0.15, -0.1) is 0 Å². The molecule has 15 heavy (non-hydrogen) atoms. The average Bonchev–Trinajstić information content (AvgIpc) is 2.25. The van der Waals surface area contributed by atoms with Gasteiger partial charge >= 0.3 is 0 Å². The van der Waals surface area contributed by atoms with Crippen LogP contribution in [0.4, 0.5) is 0 Å². The summed E-state index contributed by atoms with van der Waals surface area (Å²) in [4.78, 5) is 0. The van der Waals surface area contributed by atoms with Gasteiger partial charge in [-0.2, -0.15) is 0 Å². The van der Waals surface area contributed by atoms with Crippen molar-refractivity contribution in [2.75, 3.05) is 13.2 Å². The molecule has 1 rings (SSSR count). The van der Waals surface area contributed by atoms with Crippen LogP contribution in [0.3, 0.4) is 0 Å². The van der Waals surface area contributed by atoms with Crippen LogP contribution < -0.4 is 10.2 Å². The lowest BCUT2D eigenvalue weighted by atomic mass is 10.0. The van der Waals surface area contributed by atoms with Crippen LogP contribution >= 0.6 is 0 Å². The van der Waals surface area contributed by atoms with Gasteiger partial charge in [-0.05, 0) is 30.0 Å². The predicted molar refractivity (Wildman–Crippen MR) is 60.4 cm³/mol. The average molecular weight is 209 g/mol. The number of rotatable bonds is 6. The van der Waals surface area contributed by atoms with E-state index in [1.54, 1.807) is 0 Å². The second kappa shape index (κ2) is 6.43. The van der Waals surface area contributed by atoms with Gasteiger partial charge in [0.2, 0.25) is 0 Å². The molecule has 0 atom stereocenters. The van der Waals surface area contributed by atoms with Gasteiger partial charge in [0.25, 0.3) is 0 Å². The van der Waals surface area contributed by atoms with Crippen LogP contribution in [0.5, 0.6) is 5.75 Å². The van der Waals surface area contributed by atoms with Gasteiger partial charge in [0.1, 0.15) is 5.75 Å². The maximum absolute atomic E-state index is 8.37. The van der Waals surface area contributed by atoms with Gasteiger partial charge in [0.05, 0.1) is 6.61 Å². The Morgan fingerprint density at radius 1 is 1.40 bits per heavy atom. The zero-order valence-electron chi connectivity index (χ0n) is 9.36. The number of hydrogen-bond acceptors (Lipinski definition) is 3. The molecule has 0 unspecified atom stereocenters. The summed E-state index contributed by atoms with van der Waals surface area (Å²) in [6.07, 6.45) is 0.794. The molecule has 0 aromatic heterocycles. The highest BCUT2D eigenvalue weighted by Crippen LogP contribution is 2.19. The molecule has 0 aliphatic heterocycles. The van der Waals surface area contributed by atoms with Crippen molar-refractivity contribution in [3.63, 3.8) is 0 Å². The molecule has 0 saturated heterocycles. The second-order valence-electron chi connectivity index (χ2n) is 3.84. The third-order valence-corrected chi connectivity index (χ3v) is 2.23. The summed E-state index contributed by atoms with van der Waals surface area (Å²) in [6.45, 7) is 5.50. The maximum atomic E-state index is 8.37. The number of hydrogen-bond donors (Lipinski definition) is 2. The van der Waals surface area contributed by atoms with E-state index in [1.807, 2.05) is 12.1 Å². The van der Waals surface area contributed by atoms with Gasteiger partial charge in [-0.25, -0.2) is 5.48 Å². The molecule has 3 nitrogen and oxygen atoms in total. The van der Waals surface area contributed by atoms with Crippen LogP contribution in [0.15, 0.2) is 24.3 Å². The molecule has 1 aromatic rings. The molecule has 0 aliphatic carbocycles. The molecule has 0 fully saturated rings. The number of ether oxygens (including phenoxy) is 1. The second-order valence-corrected chi connectivity index (χ2v) is 3.84. The van der Waals surface area contributed by atoms with E-state index in [2.05, 4.69) is 31.5 Å². The van der Waals surface area contributed by atoms with E-state index >= 15 is 0 Å². The molecule has 0 amide bonds. The Balaban J connectivity index is 2.43. The lowest BCUT2D eigenvalue weighted by Gasteiger charge is -2.09. The topological polar surface area (TPSA) is 41.5 Å². The van der Waals surface area contributed by atoms with Crippen LogP contribution in [-0.2, 0) is 0 Å². The van der Waals surface area contributed by atoms with Gasteiger partial charge in [0.15, 0.2) is 0 Å². The van der Waals surface area contributed by atoms with E-state index < -0.39 is 0 Å². The van der Waals surface area contributed by atoms with Crippen molar-refractivity contribution in [1.29, 1.82) is 0 Å². The Hall–Kier alpha value is -1.06. The minimum atomic E-state index is 0.521. The Labute approximate surface area is 91.0 Å². The summed E-state index contributed by atoms with van der Waals surface area (Å²) in [6, 6.07) is 8.14. The van der Waals surface area contributed by atoms with E-state index in [0.717, 1.165) is 12.2 Å². The Morgan fingerprint density at radius 3 is 2.87 bits per heavy atom. The highest BCUT2D eigenvalue weighted by Gasteiger charge is 2.00. The van der Waals surface area contributed by atoms with E-state index in [-0.39, 0.29) is 0 Å². The van der Waals surface area contributed by atoms with Crippen LogP contribution in [0, 0.1) is 0 Å². The Kier molecular flexibility index (Phi) is 5.15.